The number of aryl methyl sites for hydroxylation is 1. The molecule has 1 fully saturated rings. The van der Waals surface area contributed by atoms with Crippen LogP contribution in [-0.4, -0.2) is 30.9 Å². The van der Waals surface area contributed by atoms with Crippen LogP contribution >= 0.6 is 0 Å². The Labute approximate surface area is 199 Å². The highest BCUT2D eigenvalue weighted by atomic mass is 19.1. The molecule has 0 aromatic heterocycles. The Morgan fingerprint density at radius 1 is 0.971 bits per heavy atom. The lowest BCUT2D eigenvalue weighted by atomic mass is 10.1. The van der Waals surface area contributed by atoms with Gasteiger partial charge in [0.2, 0.25) is 0 Å². The molecule has 4 amide bonds. The van der Waals surface area contributed by atoms with E-state index in [2.05, 4.69) is 5.32 Å². The normalized spacial score (nSPS) is 14.7. The summed E-state index contributed by atoms with van der Waals surface area (Å²) >= 11 is 0. The van der Waals surface area contributed by atoms with Gasteiger partial charge in [-0.25, -0.2) is 18.9 Å². The summed E-state index contributed by atoms with van der Waals surface area (Å²) in [6.45, 7) is 1.81. The van der Waals surface area contributed by atoms with Gasteiger partial charge in [-0.05, 0) is 72.7 Å². The minimum absolute atomic E-state index is 0.0833. The van der Waals surface area contributed by atoms with Crippen molar-refractivity contribution < 1.29 is 33.0 Å². The molecule has 0 radical (unpaired) electrons. The van der Waals surface area contributed by atoms with Gasteiger partial charge in [0.1, 0.15) is 11.4 Å². The number of ether oxygens (including phenoxy) is 2. The van der Waals surface area contributed by atoms with E-state index in [1.54, 1.807) is 18.2 Å². The molecule has 0 unspecified atom stereocenters. The number of halogens is 1. The molecule has 176 valence electrons. The second-order valence-corrected chi connectivity index (χ2v) is 7.60. The van der Waals surface area contributed by atoms with Crippen LogP contribution in [0.3, 0.4) is 0 Å². The van der Waals surface area contributed by atoms with Crippen molar-refractivity contribution in [2.24, 2.45) is 0 Å². The van der Waals surface area contributed by atoms with Gasteiger partial charge in [0.05, 0.1) is 18.4 Å². The highest BCUT2D eigenvalue weighted by Gasteiger charge is 2.36. The van der Waals surface area contributed by atoms with Crippen molar-refractivity contribution in [1.82, 2.24) is 5.32 Å². The molecule has 0 bridgehead atoms. The van der Waals surface area contributed by atoms with Gasteiger partial charge in [-0.3, -0.25) is 14.9 Å². The molecule has 8 nitrogen and oxygen atoms in total. The lowest BCUT2D eigenvalue weighted by Crippen LogP contribution is -2.54. The molecule has 1 N–H and O–H groups in total. The minimum atomic E-state index is -0.844. The number of hydrogen-bond donors (Lipinski definition) is 1. The average molecular weight is 474 g/mol. The molecule has 0 aliphatic carbocycles. The summed E-state index contributed by atoms with van der Waals surface area (Å²) in [7, 11) is 1.36. The maximum Gasteiger partial charge on any atom is 0.343 e. The van der Waals surface area contributed by atoms with Crippen molar-refractivity contribution in [2.75, 3.05) is 12.0 Å². The quantitative estimate of drug-likeness (QED) is 0.259. The number of methoxy groups -OCH3 is 1. The molecule has 0 spiro atoms. The van der Waals surface area contributed by atoms with Gasteiger partial charge in [0.25, 0.3) is 11.8 Å². The molecule has 0 saturated carbocycles. The highest BCUT2D eigenvalue weighted by molar-refractivity contribution is 6.39. The summed E-state index contributed by atoms with van der Waals surface area (Å²) in [5.41, 5.74) is 1.43. The van der Waals surface area contributed by atoms with Crippen LogP contribution in [0.4, 0.5) is 14.9 Å². The van der Waals surface area contributed by atoms with E-state index in [-0.39, 0.29) is 22.6 Å². The van der Waals surface area contributed by atoms with Gasteiger partial charge in [0.15, 0.2) is 11.5 Å². The SMILES string of the molecule is COc1cc(C=C2C(=O)NC(=O)N(c3cccc(C)c3)C2=O)ccc1OC(=O)c1ccc(F)cc1. The third kappa shape index (κ3) is 4.93. The van der Waals surface area contributed by atoms with Gasteiger partial charge in [-0.2, -0.15) is 0 Å². The number of esters is 1. The van der Waals surface area contributed by atoms with Crippen molar-refractivity contribution in [3.63, 3.8) is 0 Å². The van der Waals surface area contributed by atoms with E-state index in [4.69, 9.17) is 9.47 Å². The fourth-order valence-electron chi connectivity index (χ4n) is 3.43. The Kier molecular flexibility index (Phi) is 6.41. The van der Waals surface area contributed by atoms with E-state index in [1.807, 2.05) is 13.0 Å². The molecule has 3 aromatic carbocycles. The molecule has 35 heavy (non-hydrogen) atoms. The van der Waals surface area contributed by atoms with Crippen molar-refractivity contribution in [3.8, 4) is 11.5 Å². The predicted molar refractivity (Wildman–Crippen MR) is 125 cm³/mol. The zero-order chi connectivity index (χ0) is 25.1. The summed E-state index contributed by atoms with van der Waals surface area (Å²) < 4.78 is 23.7. The van der Waals surface area contributed by atoms with Crippen LogP contribution in [0.2, 0.25) is 0 Å². The summed E-state index contributed by atoms with van der Waals surface area (Å²) in [5.74, 6) is -2.58. The van der Waals surface area contributed by atoms with Crippen molar-refractivity contribution in [2.45, 2.75) is 6.92 Å². The van der Waals surface area contributed by atoms with Gasteiger partial charge in [0, 0.05) is 0 Å². The number of imide groups is 2. The predicted octanol–water partition coefficient (Wildman–Crippen LogP) is 4.03. The Hall–Kier alpha value is -4.79. The maximum atomic E-state index is 13.1. The Morgan fingerprint density at radius 2 is 1.71 bits per heavy atom. The first-order valence-corrected chi connectivity index (χ1v) is 10.4. The first-order chi connectivity index (χ1) is 16.8. The van der Waals surface area contributed by atoms with Crippen molar-refractivity contribution in [3.05, 3.63) is 94.8 Å². The summed E-state index contributed by atoms with van der Waals surface area (Å²) in [4.78, 5) is 51.1. The van der Waals surface area contributed by atoms with Crippen LogP contribution in [0.1, 0.15) is 21.5 Å². The van der Waals surface area contributed by atoms with Gasteiger partial charge >= 0.3 is 12.0 Å². The molecule has 1 saturated heterocycles. The smallest absolute Gasteiger partial charge is 0.343 e. The van der Waals surface area contributed by atoms with Crippen LogP contribution in [0.5, 0.6) is 11.5 Å². The Balaban J connectivity index is 1.62. The first kappa shape index (κ1) is 23.4. The largest absolute Gasteiger partial charge is 0.493 e. The second-order valence-electron chi connectivity index (χ2n) is 7.60. The third-order valence-electron chi connectivity index (χ3n) is 5.14. The van der Waals surface area contributed by atoms with Crippen LogP contribution in [-0.2, 0) is 9.59 Å². The van der Waals surface area contributed by atoms with Crippen molar-refractivity contribution >= 4 is 35.6 Å². The van der Waals surface area contributed by atoms with E-state index in [0.29, 0.717) is 11.3 Å². The molecule has 1 aliphatic heterocycles. The zero-order valence-corrected chi connectivity index (χ0v) is 18.7. The van der Waals surface area contributed by atoms with Crippen molar-refractivity contribution in [1.29, 1.82) is 0 Å². The van der Waals surface area contributed by atoms with Gasteiger partial charge in [-0.1, -0.05) is 18.2 Å². The summed E-state index contributed by atoms with van der Waals surface area (Å²) in [6, 6.07) is 15.2. The molecule has 1 aliphatic rings. The third-order valence-corrected chi connectivity index (χ3v) is 5.14. The van der Waals surface area contributed by atoms with Crippen LogP contribution in [0.15, 0.2) is 72.3 Å². The number of amides is 4. The van der Waals surface area contributed by atoms with Gasteiger partial charge in [-0.15, -0.1) is 0 Å². The monoisotopic (exact) mass is 474 g/mol. The number of carbonyl (C=O) groups is 4. The molecular formula is C26H19FN2O6. The lowest BCUT2D eigenvalue weighted by molar-refractivity contribution is -0.122. The number of rotatable bonds is 5. The molecule has 4 rings (SSSR count). The van der Waals surface area contributed by atoms with Crippen LogP contribution < -0.4 is 19.7 Å². The van der Waals surface area contributed by atoms with Gasteiger partial charge < -0.3 is 9.47 Å². The lowest BCUT2D eigenvalue weighted by Gasteiger charge is -2.26. The number of nitrogens with one attached hydrogen (secondary N) is 1. The molecular weight excluding hydrogens is 455 g/mol. The molecule has 9 heteroatoms. The number of anilines is 1. The van der Waals surface area contributed by atoms with E-state index in [0.717, 1.165) is 22.6 Å². The molecule has 0 atom stereocenters. The van der Waals surface area contributed by atoms with Crippen LogP contribution in [0.25, 0.3) is 6.08 Å². The van der Waals surface area contributed by atoms with E-state index in [9.17, 15) is 23.6 Å². The summed E-state index contributed by atoms with van der Waals surface area (Å²) in [6.07, 6.45) is 1.31. The van der Waals surface area contributed by atoms with Crippen LogP contribution in [0, 0.1) is 12.7 Å². The number of benzene rings is 3. The number of nitrogens with zero attached hydrogens (tertiary/aromatic N) is 1. The summed E-state index contributed by atoms with van der Waals surface area (Å²) in [5, 5.41) is 2.17. The molecule has 3 aromatic rings. The number of carbonyl (C=O) groups excluding carboxylic acids is 4. The fourth-order valence-corrected chi connectivity index (χ4v) is 3.43. The highest BCUT2D eigenvalue weighted by Crippen LogP contribution is 2.30. The fraction of sp³-hybridized carbons (Fsp3) is 0.0769. The second kappa shape index (κ2) is 9.60. The standard InChI is InChI=1S/C26H19FN2O6/c1-15-4-3-5-19(12-15)29-24(31)20(23(30)28-26(29)33)13-16-6-11-21(22(14-16)34-2)35-25(32)17-7-9-18(27)10-8-17/h3-14H,1-2H3,(H,28,30,33). The zero-order valence-electron chi connectivity index (χ0n) is 18.7. The Morgan fingerprint density at radius 3 is 2.40 bits per heavy atom. The molecule has 1 heterocycles. The van der Waals surface area contributed by atoms with E-state index >= 15 is 0 Å². The number of urea groups is 1. The van der Waals surface area contributed by atoms with E-state index < -0.39 is 29.6 Å². The average Bonchev–Trinajstić information content (AvgIpc) is 2.83. The number of barbiturate groups is 1. The number of hydrogen-bond acceptors (Lipinski definition) is 6. The van der Waals surface area contributed by atoms with E-state index in [1.165, 1.54) is 43.5 Å². The first-order valence-electron chi connectivity index (χ1n) is 10.4. The topological polar surface area (TPSA) is 102 Å². The maximum absolute atomic E-state index is 13.1. The minimum Gasteiger partial charge on any atom is -0.493 e. The Bertz CT molecular complexity index is 1380.